The van der Waals surface area contributed by atoms with E-state index in [1.165, 1.54) is 5.56 Å². The SMILES string of the molecule is CCC(CC)c1ccc(S(=O)(=O)OPC)cc1. The Morgan fingerprint density at radius 2 is 1.71 bits per heavy atom. The predicted molar refractivity (Wildman–Crippen MR) is 72.3 cm³/mol. The summed E-state index contributed by atoms with van der Waals surface area (Å²) in [4.78, 5) is 0.238. The molecule has 0 aromatic heterocycles. The summed E-state index contributed by atoms with van der Waals surface area (Å²) in [6.07, 6.45) is 2.13. The van der Waals surface area contributed by atoms with Gasteiger partial charge in [-0.25, -0.2) is 3.97 Å². The number of benzene rings is 1. The highest BCUT2D eigenvalue weighted by Crippen LogP contribution is 2.25. The van der Waals surface area contributed by atoms with E-state index in [2.05, 4.69) is 13.8 Å². The minimum Gasteiger partial charge on any atom is -0.248 e. The summed E-state index contributed by atoms with van der Waals surface area (Å²) in [5, 5.41) is 0. The van der Waals surface area contributed by atoms with Gasteiger partial charge in [0, 0.05) is 8.81 Å². The molecule has 0 heterocycles. The summed E-state index contributed by atoms with van der Waals surface area (Å²) in [5.41, 5.74) is 1.19. The molecule has 0 radical (unpaired) electrons. The third-order valence-electron chi connectivity index (χ3n) is 2.82. The zero-order chi connectivity index (χ0) is 12.9. The molecule has 1 atom stereocenters. The van der Waals surface area contributed by atoms with Crippen molar-refractivity contribution in [3.63, 3.8) is 0 Å². The molecule has 17 heavy (non-hydrogen) atoms. The van der Waals surface area contributed by atoms with Gasteiger partial charge in [-0.05, 0) is 43.1 Å². The fraction of sp³-hybridized carbons (Fsp3) is 0.500. The lowest BCUT2D eigenvalue weighted by molar-refractivity contribution is 0.514. The first kappa shape index (κ1) is 14.6. The third-order valence-corrected chi connectivity index (χ3v) is 5.21. The molecule has 1 unspecified atom stereocenters. The highest BCUT2D eigenvalue weighted by Gasteiger charge is 2.15. The Bertz CT molecular complexity index is 435. The maximum atomic E-state index is 11.6. The van der Waals surface area contributed by atoms with Gasteiger partial charge in [-0.2, -0.15) is 8.42 Å². The van der Waals surface area contributed by atoms with Crippen LogP contribution in [0, 0.1) is 0 Å². The zero-order valence-electron chi connectivity index (χ0n) is 10.4. The second kappa shape index (κ2) is 6.48. The highest BCUT2D eigenvalue weighted by molar-refractivity contribution is 7.89. The first-order chi connectivity index (χ1) is 8.05. The number of rotatable bonds is 6. The summed E-state index contributed by atoms with van der Waals surface area (Å²) >= 11 is 0. The largest absolute Gasteiger partial charge is 0.299 e. The van der Waals surface area contributed by atoms with E-state index in [1.807, 2.05) is 12.1 Å². The molecule has 0 aliphatic rings. The summed E-state index contributed by atoms with van der Waals surface area (Å²) in [5.74, 6) is 0.501. The normalized spacial score (nSPS) is 12.7. The van der Waals surface area contributed by atoms with Gasteiger partial charge in [0.15, 0.2) is 0 Å². The van der Waals surface area contributed by atoms with Crippen molar-refractivity contribution >= 4 is 18.9 Å². The Hall–Kier alpha value is -0.440. The Balaban J connectivity index is 2.95. The Kier molecular flexibility index (Phi) is 5.57. The van der Waals surface area contributed by atoms with Crippen LogP contribution in [0.4, 0.5) is 0 Å². The molecule has 0 bridgehead atoms. The van der Waals surface area contributed by atoms with Gasteiger partial charge in [0.25, 0.3) is 10.1 Å². The van der Waals surface area contributed by atoms with Crippen molar-refractivity contribution in [2.24, 2.45) is 0 Å². The van der Waals surface area contributed by atoms with Crippen LogP contribution < -0.4 is 0 Å². The van der Waals surface area contributed by atoms with Crippen molar-refractivity contribution in [2.75, 3.05) is 6.66 Å². The first-order valence-corrected chi connectivity index (χ1v) is 8.57. The molecule has 0 saturated carbocycles. The lowest BCUT2D eigenvalue weighted by Crippen LogP contribution is -2.02. The summed E-state index contributed by atoms with van der Waals surface area (Å²) in [6, 6.07) is 7.02. The zero-order valence-corrected chi connectivity index (χ0v) is 12.3. The molecule has 0 aliphatic heterocycles. The van der Waals surface area contributed by atoms with E-state index in [0.29, 0.717) is 5.92 Å². The van der Waals surface area contributed by atoms with Crippen LogP contribution >= 0.6 is 8.81 Å². The third kappa shape index (κ3) is 3.77. The fourth-order valence-electron chi connectivity index (χ4n) is 1.82. The molecule has 5 heteroatoms. The predicted octanol–water partition coefficient (Wildman–Crippen LogP) is 3.52. The second-order valence-electron chi connectivity index (χ2n) is 3.82. The molecule has 1 rings (SSSR count). The van der Waals surface area contributed by atoms with E-state index in [9.17, 15) is 8.42 Å². The highest BCUT2D eigenvalue weighted by atomic mass is 32.2. The summed E-state index contributed by atoms with van der Waals surface area (Å²) in [7, 11) is -3.61. The molecular formula is C12H19O3PS. The summed E-state index contributed by atoms with van der Waals surface area (Å²) < 4.78 is 28.0. The molecule has 0 spiro atoms. The Morgan fingerprint density at radius 1 is 1.18 bits per heavy atom. The minimum atomic E-state index is -3.55. The average molecular weight is 274 g/mol. The minimum absolute atomic E-state index is 0.0606. The van der Waals surface area contributed by atoms with Crippen LogP contribution in [0.15, 0.2) is 29.2 Å². The Morgan fingerprint density at radius 3 is 2.12 bits per heavy atom. The number of hydrogen-bond donors (Lipinski definition) is 0. The maximum Gasteiger partial charge on any atom is 0.299 e. The maximum absolute atomic E-state index is 11.6. The van der Waals surface area contributed by atoms with E-state index in [0.717, 1.165) is 12.8 Å². The van der Waals surface area contributed by atoms with Crippen LogP contribution in [-0.2, 0) is 14.1 Å². The van der Waals surface area contributed by atoms with E-state index in [1.54, 1.807) is 18.8 Å². The molecular weight excluding hydrogens is 255 g/mol. The van der Waals surface area contributed by atoms with Gasteiger partial charge in [-0.15, -0.1) is 0 Å². The molecule has 0 aliphatic carbocycles. The van der Waals surface area contributed by atoms with E-state index < -0.39 is 10.1 Å². The molecule has 3 nitrogen and oxygen atoms in total. The number of hydrogen-bond acceptors (Lipinski definition) is 3. The average Bonchev–Trinajstić information content (AvgIpc) is 2.31. The Labute approximate surface area is 106 Å². The van der Waals surface area contributed by atoms with Crippen LogP contribution in [0.1, 0.15) is 38.2 Å². The van der Waals surface area contributed by atoms with Crippen LogP contribution in [0.2, 0.25) is 0 Å². The second-order valence-corrected chi connectivity index (χ2v) is 6.28. The monoisotopic (exact) mass is 274 g/mol. The van der Waals surface area contributed by atoms with Crippen molar-refractivity contribution in [1.29, 1.82) is 0 Å². The van der Waals surface area contributed by atoms with E-state index in [-0.39, 0.29) is 13.7 Å². The van der Waals surface area contributed by atoms with Gasteiger partial charge in [0.05, 0.1) is 4.90 Å². The van der Waals surface area contributed by atoms with E-state index >= 15 is 0 Å². The van der Waals surface area contributed by atoms with Gasteiger partial charge in [-0.3, -0.25) is 0 Å². The lowest BCUT2D eigenvalue weighted by atomic mass is 9.94. The van der Waals surface area contributed by atoms with E-state index in [4.69, 9.17) is 3.97 Å². The molecule has 1 aromatic rings. The summed E-state index contributed by atoms with van der Waals surface area (Å²) in [6.45, 7) is 5.97. The van der Waals surface area contributed by atoms with Crippen molar-refractivity contribution in [3.8, 4) is 0 Å². The smallest absolute Gasteiger partial charge is 0.248 e. The van der Waals surface area contributed by atoms with Gasteiger partial charge in [0.2, 0.25) is 0 Å². The van der Waals surface area contributed by atoms with Crippen LogP contribution in [0.3, 0.4) is 0 Å². The molecule has 0 N–H and O–H groups in total. The van der Waals surface area contributed by atoms with Gasteiger partial charge >= 0.3 is 0 Å². The molecule has 0 saturated heterocycles. The fourth-order valence-corrected chi connectivity index (χ4v) is 3.56. The van der Waals surface area contributed by atoms with Crippen molar-refractivity contribution in [1.82, 2.24) is 0 Å². The van der Waals surface area contributed by atoms with Crippen molar-refractivity contribution < 1.29 is 12.4 Å². The molecule has 0 fully saturated rings. The topological polar surface area (TPSA) is 43.4 Å². The standard InChI is InChI=1S/C12H19O3PS/c1-4-10(5-2)11-6-8-12(9-7-11)17(13,14)15-16-3/h6-10,16H,4-5H2,1-3H3. The van der Waals surface area contributed by atoms with Crippen LogP contribution in [0.25, 0.3) is 0 Å². The van der Waals surface area contributed by atoms with Crippen molar-refractivity contribution in [3.05, 3.63) is 29.8 Å². The quantitative estimate of drug-likeness (QED) is 0.745. The van der Waals surface area contributed by atoms with Crippen LogP contribution in [0.5, 0.6) is 0 Å². The first-order valence-electron chi connectivity index (χ1n) is 5.75. The lowest BCUT2D eigenvalue weighted by Gasteiger charge is -2.13. The van der Waals surface area contributed by atoms with Gasteiger partial charge in [0.1, 0.15) is 0 Å². The molecule has 0 amide bonds. The molecule has 1 aromatic carbocycles. The van der Waals surface area contributed by atoms with Crippen molar-refractivity contribution in [2.45, 2.75) is 37.5 Å². The van der Waals surface area contributed by atoms with Gasteiger partial charge < -0.3 is 0 Å². The van der Waals surface area contributed by atoms with Crippen LogP contribution in [-0.4, -0.2) is 15.1 Å². The van der Waals surface area contributed by atoms with Gasteiger partial charge in [-0.1, -0.05) is 26.0 Å². The molecule has 96 valence electrons.